The average molecular weight is 305 g/mol. The lowest BCUT2D eigenvalue weighted by atomic mass is 9.98. The molecule has 2 unspecified atom stereocenters. The van der Waals surface area contributed by atoms with Crippen LogP contribution < -0.4 is 0 Å². The second kappa shape index (κ2) is 6.36. The predicted octanol–water partition coefficient (Wildman–Crippen LogP) is 0.902. The van der Waals surface area contributed by atoms with Crippen molar-refractivity contribution in [2.75, 3.05) is 13.7 Å². The van der Waals surface area contributed by atoms with Crippen LogP contribution in [0.1, 0.15) is 30.7 Å². The SMILES string of the molecule is CN1[C@H]2CC(OC(=O)C(CO)c3ccccc3)C[C@@H]1[C@@H](O)C2. The maximum absolute atomic E-state index is 12.4. The van der Waals surface area contributed by atoms with Crippen molar-refractivity contribution >= 4 is 5.97 Å². The molecular formula is C17H23NO4. The second-order valence-corrected chi connectivity index (χ2v) is 6.37. The fourth-order valence-corrected chi connectivity index (χ4v) is 3.74. The molecule has 2 saturated heterocycles. The highest BCUT2D eigenvalue weighted by Crippen LogP contribution is 2.36. The Morgan fingerprint density at radius 3 is 2.68 bits per heavy atom. The molecule has 2 N–H and O–H groups in total. The molecule has 0 spiro atoms. The van der Waals surface area contributed by atoms with E-state index in [9.17, 15) is 15.0 Å². The lowest BCUT2D eigenvalue weighted by Crippen LogP contribution is -2.45. The summed E-state index contributed by atoms with van der Waals surface area (Å²) in [6.45, 7) is -0.259. The number of aliphatic hydroxyl groups is 2. The summed E-state index contributed by atoms with van der Waals surface area (Å²) in [7, 11) is 2.02. The fraction of sp³-hybridized carbons (Fsp3) is 0.588. The summed E-state index contributed by atoms with van der Waals surface area (Å²) < 4.78 is 5.64. The van der Waals surface area contributed by atoms with Gasteiger partial charge in [0.05, 0.1) is 12.7 Å². The Bertz CT molecular complexity index is 521. The molecule has 2 heterocycles. The third kappa shape index (κ3) is 2.89. The van der Waals surface area contributed by atoms with Gasteiger partial charge in [-0.05, 0) is 19.0 Å². The molecule has 0 aliphatic carbocycles. The number of carbonyl (C=O) groups excluding carboxylic acids is 1. The topological polar surface area (TPSA) is 70.0 Å². The fourth-order valence-electron chi connectivity index (χ4n) is 3.74. The number of carbonyl (C=O) groups is 1. The van der Waals surface area contributed by atoms with Crippen molar-refractivity contribution in [3.63, 3.8) is 0 Å². The molecule has 22 heavy (non-hydrogen) atoms. The molecule has 2 bridgehead atoms. The van der Waals surface area contributed by atoms with Crippen LogP contribution >= 0.6 is 0 Å². The van der Waals surface area contributed by atoms with Crippen LogP contribution in [0.4, 0.5) is 0 Å². The quantitative estimate of drug-likeness (QED) is 0.809. The Hall–Kier alpha value is -1.43. The van der Waals surface area contributed by atoms with Gasteiger partial charge in [0.1, 0.15) is 12.0 Å². The molecule has 3 rings (SSSR count). The van der Waals surface area contributed by atoms with Crippen LogP contribution in [-0.4, -0.2) is 59.0 Å². The van der Waals surface area contributed by atoms with E-state index in [1.165, 1.54) is 0 Å². The monoisotopic (exact) mass is 305 g/mol. The summed E-state index contributed by atoms with van der Waals surface area (Å²) >= 11 is 0. The minimum atomic E-state index is -0.636. The van der Waals surface area contributed by atoms with Crippen molar-refractivity contribution < 1.29 is 19.7 Å². The summed E-state index contributed by atoms with van der Waals surface area (Å²) in [5, 5.41) is 19.6. The second-order valence-electron chi connectivity index (χ2n) is 6.37. The zero-order valence-corrected chi connectivity index (χ0v) is 12.8. The van der Waals surface area contributed by atoms with Crippen molar-refractivity contribution in [1.29, 1.82) is 0 Å². The minimum Gasteiger partial charge on any atom is -0.462 e. The van der Waals surface area contributed by atoms with E-state index in [2.05, 4.69) is 4.90 Å². The lowest BCUT2D eigenvalue weighted by Gasteiger charge is -2.36. The normalized spacial score (nSPS) is 32.7. The van der Waals surface area contributed by atoms with Crippen LogP contribution in [0.2, 0.25) is 0 Å². The largest absolute Gasteiger partial charge is 0.462 e. The Morgan fingerprint density at radius 2 is 2.05 bits per heavy atom. The number of likely N-dealkylation sites (N-methyl/N-ethyl adjacent to an activating group) is 1. The minimum absolute atomic E-state index is 0.0702. The van der Waals surface area contributed by atoms with Crippen molar-refractivity contribution in [3.05, 3.63) is 35.9 Å². The van der Waals surface area contributed by atoms with Gasteiger partial charge in [-0.25, -0.2) is 0 Å². The number of rotatable bonds is 4. The Morgan fingerprint density at radius 1 is 1.32 bits per heavy atom. The molecule has 0 radical (unpaired) electrons. The zero-order valence-electron chi connectivity index (χ0n) is 12.8. The van der Waals surface area contributed by atoms with Gasteiger partial charge in [0, 0.05) is 24.9 Å². The third-order valence-corrected chi connectivity index (χ3v) is 5.05. The van der Waals surface area contributed by atoms with Gasteiger partial charge in [-0.2, -0.15) is 0 Å². The van der Waals surface area contributed by atoms with Gasteiger partial charge in [-0.1, -0.05) is 30.3 Å². The summed E-state index contributed by atoms with van der Waals surface area (Å²) in [5.74, 6) is -1.01. The smallest absolute Gasteiger partial charge is 0.316 e. The van der Waals surface area contributed by atoms with Crippen molar-refractivity contribution in [2.24, 2.45) is 0 Å². The first-order chi connectivity index (χ1) is 10.6. The summed E-state index contributed by atoms with van der Waals surface area (Å²) in [4.78, 5) is 14.6. The Labute approximate surface area is 130 Å². The maximum atomic E-state index is 12.4. The third-order valence-electron chi connectivity index (χ3n) is 5.05. The summed E-state index contributed by atoms with van der Waals surface area (Å²) in [6, 6.07) is 9.56. The number of piperidine rings is 1. The van der Waals surface area contributed by atoms with E-state index < -0.39 is 5.92 Å². The predicted molar refractivity (Wildman–Crippen MR) is 81.3 cm³/mol. The standard InChI is InChI=1S/C17H23NO4/c1-18-12-7-13(9-15(18)16(20)8-12)22-17(21)14(10-19)11-5-3-2-4-6-11/h2-6,12-16,19-20H,7-10H2,1H3/t12-,13?,14?,15+,16-/m0/s1. The molecule has 0 saturated carbocycles. The number of hydrogen-bond acceptors (Lipinski definition) is 5. The van der Waals surface area contributed by atoms with Gasteiger partial charge in [-0.3, -0.25) is 9.69 Å². The first kappa shape index (κ1) is 15.5. The molecule has 2 aliphatic rings. The number of ether oxygens (including phenoxy) is 1. The molecule has 0 amide bonds. The number of esters is 1. The van der Waals surface area contributed by atoms with Gasteiger partial charge in [-0.15, -0.1) is 0 Å². The van der Waals surface area contributed by atoms with Gasteiger partial charge in [0.2, 0.25) is 0 Å². The van der Waals surface area contributed by atoms with E-state index >= 15 is 0 Å². The van der Waals surface area contributed by atoms with Crippen LogP contribution in [0.25, 0.3) is 0 Å². The van der Waals surface area contributed by atoms with Crippen LogP contribution in [0.15, 0.2) is 30.3 Å². The lowest BCUT2D eigenvalue weighted by molar-refractivity contribution is -0.155. The molecule has 5 atom stereocenters. The highest BCUT2D eigenvalue weighted by atomic mass is 16.5. The molecule has 1 aromatic carbocycles. The average Bonchev–Trinajstić information content (AvgIpc) is 2.68. The highest BCUT2D eigenvalue weighted by molar-refractivity contribution is 5.78. The van der Waals surface area contributed by atoms with E-state index in [-0.39, 0.29) is 36.9 Å². The first-order valence-electron chi connectivity index (χ1n) is 7.86. The number of nitrogens with zero attached hydrogens (tertiary/aromatic N) is 1. The van der Waals surface area contributed by atoms with E-state index in [0.29, 0.717) is 6.42 Å². The van der Waals surface area contributed by atoms with Crippen molar-refractivity contribution in [2.45, 2.75) is 49.5 Å². The molecular weight excluding hydrogens is 282 g/mol. The molecule has 120 valence electrons. The molecule has 2 fully saturated rings. The highest BCUT2D eigenvalue weighted by Gasteiger charge is 2.45. The van der Waals surface area contributed by atoms with Crippen LogP contribution in [0.5, 0.6) is 0 Å². The summed E-state index contributed by atoms with van der Waals surface area (Å²) in [5.41, 5.74) is 0.769. The molecule has 5 heteroatoms. The van der Waals surface area contributed by atoms with Crippen molar-refractivity contribution in [3.8, 4) is 0 Å². The molecule has 2 aliphatic heterocycles. The van der Waals surface area contributed by atoms with Crippen LogP contribution in [-0.2, 0) is 9.53 Å². The van der Waals surface area contributed by atoms with E-state index in [1.807, 2.05) is 37.4 Å². The maximum Gasteiger partial charge on any atom is 0.316 e. The van der Waals surface area contributed by atoms with E-state index in [0.717, 1.165) is 18.4 Å². The Balaban J connectivity index is 1.65. The summed E-state index contributed by atoms with van der Waals surface area (Å²) in [6.07, 6.45) is 1.66. The van der Waals surface area contributed by atoms with Crippen molar-refractivity contribution in [1.82, 2.24) is 4.90 Å². The number of fused-ring (bicyclic) bond motifs is 2. The van der Waals surface area contributed by atoms with E-state index in [1.54, 1.807) is 0 Å². The van der Waals surface area contributed by atoms with Gasteiger partial charge in [0.15, 0.2) is 0 Å². The van der Waals surface area contributed by atoms with Gasteiger partial charge in [0.25, 0.3) is 0 Å². The molecule has 1 aromatic rings. The Kier molecular flexibility index (Phi) is 4.47. The number of benzene rings is 1. The molecule has 5 nitrogen and oxygen atoms in total. The molecule has 0 aromatic heterocycles. The number of hydrogen-bond donors (Lipinski definition) is 2. The number of aliphatic hydroxyl groups excluding tert-OH is 2. The zero-order chi connectivity index (χ0) is 15.7. The van der Waals surface area contributed by atoms with Gasteiger partial charge >= 0.3 is 5.97 Å². The van der Waals surface area contributed by atoms with E-state index in [4.69, 9.17) is 4.74 Å². The van der Waals surface area contributed by atoms with Crippen LogP contribution in [0, 0.1) is 0 Å². The van der Waals surface area contributed by atoms with Gasteiger partial charge < -0.3 is 14.9 Å². The van der Waals surface area contributed by atoms with Crippen LogP contribution in [0.3, 0.4) is 0 Å². The first-order valence-corrected chi connectivity index (χ1v) is 7.86.